The minimum absolute atomic E-state index is 0.572. The molecule has 0 atom stereocenters. The van der Waals surface area contributed by atoms with Crippen LogP contribution in [0.5, 0.6) is 0 Å². The molecule has 0 aliphatic heterocycles. The van der Waals surface area contributed by atoms with E-state index in [-0.39, 0.29) is 0 Å². The van der Waals surface area contributed by atoms with Crippen LogP contribution in [0.15, 0.2) is 48.5 Å². The summed E-state index contributed by atoms with van der Waals surface area (Å²) in [6.45, 7) is 6.83. The van der Waals surface area contributed by atoms with Crippen LogP contribution in [-0.2, 0) is 6.54 Å². The van der Waals surface area contributed by atoms with Crippen LogP contribution in [0.1, 0.15) is 33.1 Å². The van der Waals surface area contributed by atoms with E-state index in [1.165, 1.54) is 11.1 Å². The molecular weight excluding hydrogens is 364 g/mol. The molecule has 0 saturated carbocycles. The molecule has 0 N–H and O–H groups in total. The van der Waals surface area contributed by atoms with Crippen LogP contribution < -0.4 is 0 Å². The van der Waals surface area contributed by atoms with Gasteiger partial charge in [0.15, 0.2) is 0 Å². The van der Waals surface area contributed by atoms with E-state index >= 15 is 0 Å². The summed E-state index contributed by atoms with van der Waals surface area (Å²) in [4.78, 5) is 4.62. The fourth-order valence-corrected chi connectivity index (χ4v) is 4.15. The normalized spacial score (nSPS) is 11.7. The highest BCUT2D eigenvalue weighted by atomic mass is 32.1. The van der Waals surface area contributed by atoms with Crippen molar-refractivity contribution in [1.29, 1.82) is 5.26 Å². The van der Waals surface area contributed by atoms with E-state index < -0.39 is 0 Å². The maximum absolute atomic E-state index is 9.74. The zero-order valence-corrected chi connectivity index (χ0v) is 16.9. The van der Waals surface area contributed by atoms with E-state index in [9.17, 15) is 5.26 Å². The van der Waals surface area contributed by atoms with E-state index in [1.54, 1.807) is 11.3 Å². The van der Waals surface area contributed by atoms with Crippen molar-refractivity contribution in [3.05, 3.63) is 81.6 Å². The van der Waals surface area contributed by atoms with Crippen molar-refractivity contribution < 1.29 is 0 Å². The summed E-state index contributed by atoms with van der Waals surface area (Å²) in [7, 11) is 0. The number of aryl methyl sites for hydroxylation is 2. The van der Waals surface area contributed by atoms with Crippen LogP contribution >= 0.6 is 11.3 Å². The number of allylic oxidation sites excluding steroid dienone is 1. The first-order chi connectivity index (χ1) is 13.5. The lowest BCUT2D eigenvalue weighted by Crippen LogP contribution is -2.04. The van der Waals surface area contributed by atoms with E-state index in [1.807, 2.05) is 48.9 Å². The summed E-state index contributed by atoms with van der Waals surface area (Å²) in [5.41, 5.74) is 6.90. The van der Waals surface area contributed by atoms with Crippen LogP contribution in [0, 0.1) is 32.1 Å². The van der Waals surface area contributed by atoms with Gasteiger partial charge in [-0.2, -0.15) is 10.4 Å². The van der Waals surface area contributed by atoms with Gasteiger partial charge in [0.25, 0.3) is 0 Å². The third kappa shape index (κ3) is 3.47. The second kappa shape index (κ2) is 7.41. The molecule has 28 heavy (non-hydrogen) atoms. The monoisotopic (exact) mass is 384 g/mol. The molecule has 0 amide bonds. The second-order valence-electron chi connectivity index (χ2n) is 6.88. The molecule has 0 aliphatic carbocycles. The summed E-state index contributed by atoms with van der Waals surface area (Å²) in [5, 5.41) is 15.2. The summed E-state index contributed by atoms with van der Waals surface area (Å²) in [6, 6.07) is 18.8. The summed E-state index contributed by atoms with van der Waals surface area (Å²) < 4.78 is 3.08. The van der Waals surface area contributed by atoms with Crippen molar-refractivity contribution >= 4 is 33.2 Å². The molecule has 4 rings (SSSR count). The fourth-order valence-electron chi connectivity index (χ4n) is 3.21. The van der Waals surface area contributed by atoms with Crippen molar-refractivity contribution in [2.75, 3.05) is 0 Å². The van der Waals surface area contributed by atoms with Gasteiger partial charge in [0.2, 0.25) is 0 Å². The number of nitrogens with zero attached hydrogens (tertiary/aromatic N) is 4. The average Bonchev–Trinajstić information content (AvgIpc) is 3.23. The number of aromatic nitrogens is 3. The lowest BCUT2D eigenvalue weighted by molar-refractivity contribution is 0.659. The van der Waals surface area contributed by atoms with Crippen LogP contribution in [0.25, 0.3) is 21.9 Å². The van der Waals surface area contributed by atoms with Gasteiger partial charge < -0.3 is 0 Å². The van der Waals surface area contributed by atoms with Gasteiger partial charge in [-0.05, 0) is 44.5 Å². The number of nitriles is 1. The smallest absolute Gasteiger partial charge is 0.135 e. The predicted molar refractivity (Wildman–Crippen MR) is 115 cm³/mol. The Balaban J connectivity index is 1.70. The van der Waals surface area contributed by atoms with Crippen LogP contribution in [0.3, 0.4) is 0 Å². The number of hydrogen-bond donors (Lipinski definition) is 0. The molecule has 2 aromatic carbocycles. The summed E-state index contributed by atoms with van der Waals surface area (Å²) in [5.74, 6) is 0. The first kappa shape index (κ1) is 18.1. The Morgan fingerprint density at radius 2 is 1.86 bits per heavy atom. The number of rotatable bonds is 4. The zero-order chi connectivity index (χ0) is 19.7. The molecule has 0 saturated heterocycles. The van der Waals surface area contributed by atoms with Gasteiger partial charge in [0.1, 0.15) is 11.1 Å². The number of para-hydroxylation sites is 1. The number of fused-ring (bicyclic) bond motifs is 1. The third-order valence-electron chi connectivity index (χ3n) is 4.82. The maximum atomic E-state index is 9.74. The Kier molecular flexibility index (Phi) is 4.81. The fraction of sp³-hybridized carbons (Fsp3) is 0.174. The van der Waals surface area contributed by atoms with Gasteiger partial charge in [-0.3, -0.25) is 4.68 Å². The van der Waals surface area contributed by atoms with Crippen LogP contribution in [-0.4, -0.2) is 14.8 Å². The van der Waals surface area contributed by atoms with E-state index in [0.29, 0.717) is 12.1 Å². The van der Waals surface area contributed by atoms with E-state index in [0.717, 1.165) is 32.2 Å². The van der Waals surface area contributed by atoms with Crippen LogP contribution in [0.2, 0.25) is 0 Å². The number of thiazole rings is 1. The van der Waals surface area contributed by atoms with E-state index in [4.69, 9.17) is 5.10 Å². The third-order valence-corrected chi connectivity index (χ3v) is 5.89. The first-order valence-corrected chi connectivity index (χ1v) is 9.94. The van der Waals surface area contributed by atoms with Crippen molar-refractivity contribution in [3.63, 3.8) is 0 Å². The van der Waals surface area contributed by atoms with Crippen molar-refractivity contribution in [2.24, 2.45) is 0 Å². The van der Waals surface area contributed by atoms with Crippen molar-refractivity contribution in [1.82, 2.24) is 14.8 Å². The maximum Gasteiger partial charge on any atom is 0.135 e. The second-order valence-corrected chi connectivity index (χ2v) is 7.91. The number of hydrogen-bond acceptors (Lipinski definition) is 4. The zero-order valence-electron chi connectivity index (χ0n) is 16.1. The Morgan fingerprint density at radius 3 is 2.57 bits per heavy atom. The highest BCUT2D eigenvalue weighted by Gasteiger charge is 2.14. The first-order valence-electron chi connectivity index (χ1n) is 9.12. The molecule has 2 heterocycles. The summed E-state index contributed by atoms with van der Waals surface area (Å²) in [6.07, 6.45) is 1.92. The molecule has 0 aliphatic rings. The standard InChI is InChI=1S/C23H20N4S/c1-15-8-10-18(11-9-15)14-27-17(3)20(16(2)26-27)12-19(13-24)23-25-21-6-4-5-7-22(21)28-23/h4-12H,14H2,1-3H3/b19-12+. The van der Waals surface area contributed by atoms with Gasteiger partial charge in [-0.1, -0.05) is 42.0 Å². The lowest BCUT2D eigenvalue weighted by atomic mass is 10.1. The Bertz CT molecular complexity index is 1190. The SMILES string of the molecule is Cc1ccc(Cn2nc(C)c(/C=C(\C#N)c3nc4ccccc4s3)c2C)cc1. The molecule has 0 fully saturated rings. The molecule has 0 radical (unpaired) electrons. The minimum Gasteiger partial charge on any atom is -0.265 e. The molecule has 0 spiro atoms. The topological polar surface area (TPSA) is 54.5 Å². The molecule has 2 aromatic heterocycles. The molecule has 0 unspecified atom stereocenters. The van der Waals surface area contributed by atoms with Crippen molar-refractivity contribution in [2.45, 2.75) is 27.3 Å². The minimum atomic E-state index is 0.572. The van der Waals surface area contributed by atoms with E-state index in [2.05, 4.69) is 42.2 Å². The molecule has 138 valence electrons. The quantitative estimate of drug-likeness (QED) is 0.435. The molecule has 4 nitrogen and oxygen atoms in total. The lowest BCUT2D eigenvalue weighted by Gasteiger charge is -2.05. The van der Waals surface area contributed by atoms with Crippen LogP contribution in [0.4, 0.5) is 0 Å². The molecule has 0 bridgehead atoms. The van der Waals surface area contributed by atoms with Crippen molar-refractivity contribution in [3.8, 4) is 6.07 Å². The Morgan fingerprint density at radius 1 is 1.11 bits per heavy atom. The average molecular weight is 385 g/mol. The molecular formula is C23H20N4S. The highest BCUT2D eigenvalue weighted by molar-refractivity contribution is 7.19. The van der Waals surface area contributed by atoms with Gasteiger partial charge in [0, 0.05) is 11.3 Å². The van der Waals surface area contributed by atoms with Gasteiger partial charge in [-0.25, -0.2) is 4.98 Å². The van der Waals surface area contributed by atoms with Gasteiger partial charge in [-0.15, -0.1) is 11.3 Å². The van der Waals surface area contributed by atoms with Gasteiger partial charge in [0.05, 0.1) is 28.0 Å². The predicted octanol–water partition coefficient (Wildman–Crippen LogP) is 5.53. The summed E-state index contributed by atoms with van der Waals surface area (Å²) >= 11 is 1.54. The molecule has 5 heteroatoms. The number of benzene rings is 2. The Hall–Kier alpha value is -3.23. The Labute approximate surface area is 168 Å². The molecule has 4 aromatic rings. The largest absolute Gasteiger partial charge is 0.265 e. The van der Waals surface area contributed by atoms with Gasteiger partial charge >= 0.3 is 0 Å². The highest BCUT2D eigenvalue weighted by Crippen LogP contribution is 2.29.